The van der Waals surface area contributed by atoms with Crippen LogP contribution in [0, 0.1) is 0 Å². The van der Waals surface area contributed by atoms with Crippen LogP contribution >= 0.6 is 0 Å². The van der Waals surface area contributed by atoms with Crippen molar-refractivity contribution in [1.29, 1.82) is 0 Å². The van der Waals surface area contributed by atoms with Gasteiger partial charge in [0.15, 0.2) is 0 Å². The first-order valence-electron chi connectivity index (χ1n) is 10.3. The molecule has 0 heterocycles. The number of amides is 2. The minimum absolute atomic E-state index is 0.538. The van der Waals surface area contributed by atoms with Gasteiger partial charge in [-0.05, 0) is 58.4 Å². The molecule has 0 bridgehead atoms. The zero-order valence-corrected chi connectivity index (χ0v) is 18.3. The van der Waals surface area contributed by atoms with E-state index in [0.29, 0.717) is 12.3 Å². The molecule has 0 fully saturated rings. The van der Waals surface area contributed by atoms with Crippen molar-refractivity contribution >= 4 is 17.7 Å². The quantitative estimate of drug-likeness (QED) is 0.476. The van der Waals surface area contributed by atoms with Crippen molar-refractivity contribution in [1.82, 2.24) is 5.32 Å². The smallest absolute Gasteiger partial charge is 0.408 e. The van der Waals surface area contributed by atoms with Crippen LogP contribution in [-0.2, 0) is 9.53 Å². The Morgan fingerprint density at radius 2 is 1.62 bits per heavy atom. The maximum atomic E-state index is 12.6. The van der Waals surface area contributed by atoms with Crippen LogP contribution in [-0.4, -0.2) is 41.5 Å². The number of aliphatic hydroxyl groups excluding tert-OH is 1. The lowest BCUT2D eigenvalue weighted by Gasteiger charge is -2.29. The minimum Gasteiger partial charge on any atom is -0.494 e. The molecular weight excluding hydrogens is 372 g/mol. The van der Waals surface area contributed by atoms with Crippen molar-refractivity contribution in [3.63, 3.8) is 0 Å². The molecule has 7 heteroatoms. The lowest BCUT2D eigenvalue weighted by molar-refractivity contribution is -0.123. The van der Waals surface area contributed by atoms with Gasteiger partial charge >= 0.3 is 6.09 Å². The van der Waals surface area contributed by atoms with E-state index in [1.54, 1.807) is 45.0 Å². The number of unbranched alkanes of at least 4 members (excludes halogenated alkanes) is 4. The van der Waals surface area contributed by atoms with Gasteiger partial charge in [0.25, 0.3) is 5.91 Å². The van der Waals surface area contributed by atoms with Crippen molar-refractivity contribution in [2.45, 2.75) is 77.9 Å². The van der Waals surface area contributed by atoms with Crippen LogP contribution in [0.5, 0.6) is 5.75 Å². The molecule has 0 aliphatic rings. The third-order valence-corrected chi connectivity index (χ3v) is 4.22. The molecule has 1 aromatic rings. The summed E-state index contributed by atoms with van der Waals surface area (Å²) in [5, 5.41) is 14.8. The van der Waals surface area contributed by atoms with E-state index in [1.807, 2.05) is 0 Å². The number of hydrogen-bond donors (Lipinski definition) is 3. The molecule has 0 aliphatic heterocycles. The maximum Gasteiger partial charge on any atom is 0.408 e. The van der Waals surface area contributed by atoms with Gasteiger partial charge in [-0.2, -0.15) is 0 Å². The summed E-state index contributed by atoms with van der Waals surface area (Å²) in [7, 11) is 0. The van der Waals surface area contributed by atoms with Crippen LogP contribution in [0.3, 0.4) is 0 Å². The average Bonchev–Trinajstić information content (AvgIpc) is 2.64. The number of hydrogen-bond acceptors (Lipinski definition) is 5. The fraction of sp³-hybridized carbons (Fsp3) is 0.636. The summed E-state index contributed by atoms with van der Waals surface area (Å²) in [5.41, 5.74) is -1.69. The zero-order valence-electron chi connectivity index (χ0n) is 18.3. The van der Waals surface area contributed by atoms with Gasteiger partial charge in [-0.3, -0.25) is 4.79 Å². The Hall–Kier alpha value is -2.28. The molecular formula is C22H36N2O5. The topological polar surface area (TPSA) is 96.9 Å². The van der Waals surface area contributed by atoms with E-state index >= 15 is 0 Å². The van der Waals surface area contributed by atoms with E-state index in [2.05, 4.69) is 17.6 Å². The molecule has 1 rings (SSSR count). The molecule has 1 aromatic carbocycles. The highest BCUT2D eigenvalue weighted by Gasteiger charge is 2.36. The minimum atomic E-state index is -1.52. The van der Waals surface area contributed by atoms with E-state index in [9.17, 15) is 14.7 Å². The van der Waals surface area contributed by atoms with Crippen LogP contribution < -0.4 is 15.4 Å². The summed E-state index contributed by atoms with van der Waals surface area (Å²) in [6, 6.07) is 6.99. The van der Waals surface area contributed by atoms with Gasteiger partial charge in [0, 0.05) is 5.69 Å². The monoisotopic (exact) mass is 408 g/mol. The molecule has 0 unspecified atom stereocenters. The lowest BCUT2D eigenvalue weighted by atomic mass is 10.0. The zero-order chi connectivity index (χ0) is 21.9. The normalized spacial score (nSPS) is 13.3. The Labute approximate surface area is 174 Å². The van der Waals surface area contributed by atoms with E-state index < -0.39 is 29.7 Å². The number of aliphatic hydroxyl groups is 1. The van der Waals surface area contributed by atoms with Crippen molar-refractivity contribution in [2.75, 3.05) is 18.5 Å². The summed E-state index contributed by atoms with van der Waals surface area (Å²) in [6.45, 7) is 8.87. The molecule has 0 saturated carbocycles. The van der Waals surface area contributed by atoms with Gasteiger partial charge in [0.2, 0.25) is 0 Å². The van der Waals surface area contributed by atoms with Crippen molar-refractivity contribution in [3.8, 4) is 5.75 Å². The lowest BCUT2D eigenvalue weighted by Crippen LogP contribution is -2.58. The molecule has 0 spiro atoms. The van der Waals surface area contributed by atoms with Gasteiger partial charge in [-0.15, -0.1) is 0 Å². The first kappa shape index (κ1) is 24.8. The predicted molar refractivity (Wildman–Crippen MR) is 114 cm³/mol. The average molecular weight is 409 g/mol. The van der Waals surface area contributed by atoms with Crippen molar-refractivity contribution in [2.24, 2.45) is 0 Å². The maximum absolute atomic E-state index is 12.6. The van der Waals surface area contributed by atoms with Crippen LogP contribution in [0.4, 0.5) is 10.5 Å². The van der Waals surface area contributed by atoms with Gasteiger partial charge < -0.3 is 25.2 Å². The molecule has 2 amide bonds. The molecule has 0 saturated heterocycles. The van der Waals surface area contributed by atoms with Gasteiger partial charge in [-0.1, -0.05) is 32.6 Å². The van der Waals surface area contributed by atoms with Gasteiger partial charge in [0.1, 0.15) is 16.9 Å². The van der Waals surface area contributed by atoms with Gasteiger partial charge in [-0.25, -0.2) is 4.79 Å². The number of carbonyl (C=O) groups excluding carboxylic acids is 2. The summed E-state index contributed by atoms with van der Waals surface area (Å²) in [5.74, 6) is 0.186. The standard InChI is InChI=1S/C22H36N2O5/c1-6-7-8-9-10-15-28-18-13-11-17(12-14-18)23-19(26)22(5,16-25)24-20(27)29-21(2,3)4/h11-14,25H,6-10,15-16H2,1-5H3,(H,23,26)(H,24,27)/t22-/m0/s1. The molecule has 0 aliphatic carbocycles. The fourth-order valence-electron chi connectivity index (χ4n) is 2.50. The van der Waals surface area contributed by atoms with Crippen LogP contribution in [0.1, 0.15) is 66.7 Å². The third kappa shape index (κ3) is 9.65. The molecule has 3 N–H and O–H groups in total. The number of nitrogens with one attached hydrogen (secondary N) is 2. The molecule has 164 valence electrons. The first-order valence-corrected chi connectivity index (χ1v) is 10.3. The second kappa shape index (κ2) is 11.7. The molecule has 0 radical (unpaired) electrons. The second-order valence-electron chi connectivity index (χ2n) is 8.36. The number of anilines is 1. The Balaban J connectivity index is 2.55. The van der Waals surface area contributed by atoms with Crippen LogP contribution in [0.15, 0.2) is 24.3 Å². The highest BCUT2D eigenvalue weighted by atomic mass is 16.6. The molecule has 29 heavy (non-hydrogen) atoms. The van der Waals surface area contributed by atoms with E-state index in [-0.39, 0.29) is 0 Å². The number of rotatable bonds is 11. The number of alkyl carbamates (subject to hydrolysis) is 1. The number of carbonyl (C=O) groups is 2. The van der Waals surface area contributed by atoms with Crippen molar-refractivity contribution in [3.05, 3.63) is 24.3 Å². The Kier molecular flexibility index (Phi) is 9.95. The van der Waals surface area contributed by atoms with Crippen LogP contribution in [0.2, 0.25) is 0 Å². The van der Waals surface area contributed by atoms with E-state index in [0.717, 1.165) is 18.6 Å². The summed E-state index contributed by atoms with van der Waals surface area (Å²) in [6.07, 6.45) is 5.11. The fourth-order valence-corrected chi connectivity index (χ4v) is 2.50. The Bertz CT molecular complexity index is 640. The second-order valence-corrected chi connectivity index (χ2v) is 8.36. The third-order valence-electron chi connectivity index (χ3n) is 4.22. The van der Waals surface area contributed by atoms with E-state index in [4.69, 9.17) is 9.47 Å². The SMILES string of the molecule is CCCCCCCOc1ccc(NC(=O)[C@](C)(CO)NC(=O)OC(C)(C)C)cc1. The molecule has 1 atom stereocenters. The van der Waals surface area contributed by atoms with Gasteiger partial charge in [0.05, 0.1) is 13.2 Å². The molecule has 7 nitrogen and oxygen atoms in total. The number of ether oxygens (including phenoxy) is 2. The highest BCUT2D eigenvalue weighted by Crippen LogP contribution is 2.18. The Morgan fingerprint density at radius 1 is 1.00 bits per heavy atom. The summed E-state index contributed by atoms with van der Waals surface area (Å²) >= 11 is 0. The van der Waals surface area contributed by atoms with Crippen molar-refractivity contribution < 1.29 is 24.2 Å². The largest absolute Gasteiger partial charge is 0.494 e. The summed E-state index contributed by atoms with van der Waals surface area (Å²) in [4.78, 5) is 24.6. The van der Waals surface area contributed by atoms with Crippen LogP contribution in [0.25, 0.3) is 0 Å². The predicted octanol–water partition coefficient (Wildman–Crippen LogP) is 4.25. The van der Waals surface area contributed by atoms with E-state index in [1.165, 1.54) is 26.2 Å². The Morgan fingerprint density at radius 3 is 2.17 bits per heavy atom. The summed E-state index contributed by atoms with van der Waals surface area (Å²) < 4.78 is 10.9. The first-order chi connectivity index (χ1) is 13.6. The highest BCUT2D eigenvalue weighted by molar-refractivity contribution is 5.99. The number of benzene rings is 1. The molecule has 0 aromatic heterocycles.